The van der Waals surface area contributed by atoms with Gasteiger partial charge in [0.25, 0.3) is 0 Å². The molecule has 2 amide bonds. The number of rotatable bonds is 6. The summed E-state index contributed by atoms with van der Waals surface area (Å²) in [4.78, 5) is 12.0. The smallest absolute Gasteiger partial charge is 0.315 e. The van der Waals surface area contributed by atoms with Gasteiger partial charge in [0.1, 0.15) is 11.6 Å². The molecule has 1 aliphatic heterocycles. The van der Waals surface area contributed by atoms with E-state index in [0.29, 0.717) is 17.8 Å². The normalized spacial score (nSPS) is 23.5. The number of urea groups is 1. The van der Waals surface area contributed by atoms with E-state index in [1.54, 1.807) is 0 Å². The first-order valence-electron chi connectivity index (χ1n) is 8.33. The average Bonchev–Trinajstić information content (AvgIpc) is 3.18. The van der Waals surface area contributed by atoms with E-state index in [-0.39, 0.29) is 6.03 Å². The van der Waals surface area contributed by atoms with Gasteiger partial charge in [0.2, 0.25) is 0 Å². The summed E-state index contributed by atoms with van der Waals surface area (Å²) in [7, 11) is 0. The minimum Gasteiger partial charge on any atom is -0.338 e. The number of amides is 2. The molecule has 0 bridgehead atoms. The summed E-state index contributed by atoms with van der Waals surface area (Å²) in [5, 5.41) is 15.2. The van der Waals surface area contributed by atoms with Crippen LogP contribution in [0.1, 0.15) is 44.3 Å². The number of fused-ring (bicyclic) bond motifs is 1. The number of hydrogen-bond donors (Lipinski definition) is 2. The van der Waals surface area contributed by atoms with Gasteiger partial charge in [-0.15, -0.1) is 10.2 Å². The second kappa shape index (κ2) is 7.35. The molecule has 2 unspecified atom stereocenters. The molecule has 122 valence electrons. The zero-order chi connectivity index (χ0) is 15.4. The molecule has 22 heavy (non-hydrogen) atoms. The van der Waals surface area contributed by atoms with Crippen molar-refractivity contribution in [2.75, 3.05) is 12.3 Å². The molecule has 0 aromatic carbocycles. The number of aromatic nitrogens is 3. The van der Waals surface area contributed by atoms with Crippen molar-refractivity contribution in [1.82, 2.24) is 25.4 Å². The van der Waals surface area contributed by atoms with Gasteiger partial charge in [0.15, 0.2) is 0 Å². The van der Waals surface area contributed by atoms with Crippen LogP contribution < -0.4 is 10.6 Å². The molecule has 1 fully saturated rings. The highest BCUT2D eigenvalue weighted by molar-refractivity contribution is 7.99. The van der Waals surface area contributed by atoms with Gasteiger partial charge in [-0.25, -0.2) is 4.79 Å². The maximum Gasteiger partial charge on any atom is 0.315 e. The van der Waals surface area contributed by atoms with Crippen LogP contribution in [0.5, 0.6) is 0 Å². The first kappa shape index (κ1) is 15.6. The van der Waals surface area contributed by atoms with Gasteiger partial charge < -0.3 is 15.2 Å². The predicted octanol–water partition coefficient (Wildman–Crippen LogP) is 1.74. The van der Waals surface area contributed by atoms with Gasteiger partial charge in [0, 0.05) is 37.2 Å². The molecule has 1 aromatic rings. The Morgan fingerprint density at radius 3 is 3.18 bits per heavy atom. The molecule has 0 spiro atoms. The topological polar surface area (TPSA) is 71.8 Å². The summed E-state index contributed by atoms with van der Waals surface area (Å²) in [6, 6.07) is 0.287. The monoisotopic (exact) mass is 323 g/mol. The van der Waals surface area contributed by atoms with Crippen molar-refractivity contribution in [3.8, 4) is 0 Å². The summed E-state index contributed by atoms with van der Waals surface area (Å²) < 4.78 is 2.18. The van der Waals surface area contributed by atoms with Crippen molar-refractivity contribution in [3.63, 3.8) is 0 Å². The Hall–Kier alpha value is -1.24. The van der Waals surface area contributed by atoms with E-state index in [1.807, 2.05) is 11.8 Å². The van der Waals surface area contributed by atoms with E-state index in [4.69, 9.17) is 0 Å². The summed E-state index contributed by atoms with van der Waals surface area (Å²) in [6.07, 6.45) is 6.35. The van der Waals surface area contributed by atoms with E-state index in [9.17, 15) is 4.79 Å². The molecule has 1 aromatic heterocycles. The van der Waals surface area contributed by atoms with Crippen molar-refractivity contribution in [2.45, 2.75) is 63.3 Å². The third-order valence-electron chi connectivity index (χ3n) is 4.44. The molecule has 0 radical (unpaired) electrons. The summed E-state index contributed by atoms with van der Waals surface area (Å²) in [5.74, 6) is 3.24. The minimum atomic E-state index is -0.0479. The van der Waals surface area contributed by atoms with Gasteiger partial charge in [0.05, 0.1) is 0 Å². The molecule has 1 aliphatic carbocycles. The van der Waals surface area contributed by atoms with Gasteiger partial charge in [-0.3, -0.25) is 0 Å². The third-order valence-corrected chi connectivity index (χ3v) is 5.68. The molecular formula is C15H25N5OS. The molecule has 3 rings (SSSR count). The highest BCUT2D eigenvalue weighted by atomic mass is 32.2. The van der Waals surface area contributed by atoms with E-state index in [1.165, 1.54) is 6.42 Å². The number of carbonyl (C=O) groups excluding carboxylic acids is 1. The largest absolute Gasteiger partial charge is 0.338 e. The van der Waals surface area contributed by atoms with Gasteiger partial charge >= 0.3 is 6.03 Å². The Labute approximate surface area is 135 Å². The molecule has 2 atom stereocenters. The highest BCUT2D eigenvalue weighted by Gasteiger charge is 2.25. The lowest BCUT2D eigenvalue weighted by Gasteiger charge is -2.14. The van der Waals surface area contributed by atoms with Crippen LogP contribution in [0.25, 0.3) is 0 Å². The summed E-state index contributed by atoms with van der Waals surface area (Å²) in [6.45, 7) is 3.83. The van der Waals surface area contributed by atoms with Crippen molar-refractivity contribution in [3.05, 3.63) is 11.6 Å². The fourth-order valence-corrected chi connectivity index (χ4v) is 4.52. The molecule has 2 aliphatic rings. The first-order valence-corrected chi connectivity index (χ1v) is 9.38. The molecule has 7 heteroatoms. The van der Waals surface area contributed by atoms with Crippen molar-refractivity contribution in [2.24, 2.45) is 0 Å². The van der Waals surface area contributed by atoms with Gasteiger partial charge in [-0.1, -0.05) is 6.92 Å². The summed E-state index contributed by atoms with van der Waals surface area (Å²) >= 11 is 2.01. The minimum absolute atomic E-state index is 0.0479. The van der Waals surface area contributed by atoms with Crippen molar-refractivity contribution < 1.29 is 4.79 Å². The third kappa shape index (κ3) is 3.74. The first-order chi connectivity index (χ1) is 10.8. The molecular weight excluding hydrogens is 298 g/mol. The quantitative estimate of drug-likeness (QED) is 0.836. The zero-order valence-corrected chi connectivity index (χ0v) is 14.0. The van der Waals surface area contributed by atoms with Crippen LogP contribution in [-0.4, -0.2) is 44.4 Å². The van der Waals surface area contributed by atoms with Crippen molar-refractivity contribution in [1.29, 1.82) is 0 Å². The number of nitrogens with zero attached hydrogens (tertiary/aromatic N) is 3. The fourth-order valence-electron chi connectivity index (χ4n) is 3.38. The molecule has 2 N–H and O–H groups in total. The maximum atomic E-state index is 12.0. The Morgan fingerprint density at radius 2 is 2.32 bits per heavy atom. The standard InChI is InChI=1S/C15H25N5OS/c1-2-22-12-6-5-11(10-12)17-15(21)16-8-7-14-19-18-13-4-3-9-20(13)14/h11-12H,2-10H2,1H3,(H2,16,17,21). The Morgan fingerprint density at radius 1 is 1.41 bits per heavy atom. The number of thioether (sulfide) groups is 1. The zero-order valence-electron chi connectivity index (χ0n) is 13.2. The number of aryl methyl sites for hydroxylation is 1. The predicted molar refractivity (Wildman–Crippen MR) is 88.1 cm³/mol. The van der Waals surface area contributed by atoms with E-state index in [2.05, 4.69) is 32.3 Å². The number of nitrogens with one attached hydrogen (secondary N) is 2. The van der Waals surface area contributed by atoms with Gasteiger partial charge in [-0.2, -0.15) is 11.8 Å². The molecule has 0 saturated heterocycles. The molecule has 2 heterocycles. The van der Waals surface area contributed by atoms with Crippen LogP contribution in [0.15, 0.2) is 0 Å². The van der Waals surface area contributed by atoms with Crippen LogP contribution in [0.4, 0.5) is 4.79 Å². The van der Waals surface area contributed by atoms with Crippen molar-refractivity contribution >= 4 is 17.8 Å². The highest BCUT2D eigenvalue weighted by Crippen LogP contribution is 2.29. The Bertz CT molecular complexity index is 518. The van der Waals surface area contributed by atoms with Crippen LogP contribution in [0.2, 0.25) is 0 Å². The van der Waals surface area contributed by atoms with Crippen LogP contribution in [0.3, 0.4) is 0 Å². The fraction of sp³-hybridized carbons (Fsp3) is 0.800. The number of hydrogen-bond acceptors (Lipinski definition) is 4. The lowest BCUT2D eigenvalue weighted by molar-refractivity contribution is 0.237. The lowest BCUT2D eigenvalue weighted by atomic mass is 10.2. The molecule has 6 nitrogen and oxygen atoms in total. The number of carbonyl (C=O) groups is 1. The Kier molecular flexibility index (Phi) is 5.23. The lowest BCUT2D eigenvalue weighted by Crippen LogP contribution is -2.42. The second-order valence-electron chi connectivity index (χ2n) is 6.03. The van der Waals surface area contributed by atoms with Crippen LogP contribution in [-0.2, 0) is 19.4 Å². The van der Waals surface area contributed by atoms with Crippen LogP contribution in [0, 0.1) is 0 Å². The van der Waals surface area contributed by atoms with E-state index < -0.39 is 0 Å². The van der Waals surface area contributed by atoms with Gasteiger partial charge in [-0.05, 0) is 31.4 Å². The molecule has 1 saturated carbocycles. The SMILES string of the molecule is CCSC1CCC(NC(=O)NCCc2nnc3n2CCC3)C1. The van der Waals surface area contributed by atoms with E-state index >= 15 is 0 Å². The Balaban J connectivity index is 1.36. The second-order valence-corrected chi connectivity index (χ2v) is 7.60. The summed E-state index contributed by atoms with van der Waals surface area (Å²) in [5.41, 5.74) is 0. The maximum absolute atomic E-state index is 12.0. The van der Waals surface area contributed by atoms with E-state index in [0.717, 1.165) is 56.1 Å². The van der Waals surface area contributed by atoms with Crippen LogP contribution >= 0.6 is 11.8 Å². The average molecular weight is 323 g/mol.